The van der Waals surface area contributed by atoms with Gasteiger partial charge in [0.25, 0.3) is 0 Å². The Labute approximate surface area is 85.8 Å². The number of nitrogens with zero attached hydrogens (tertiary/aromatic N) is 1. The summed E-state index contributed by atoms with van der Waals surface area (Å²) in [7, 11) is 0. The van der Waals surface area contributed by atoms with Crippen LogP contribution in [0.2, 0.25) is 0 Å². The van der Waals surface area contributed by atoms with E-state index in [0.29, 0.717) is 0 Å². The molecule has 84 valence electrons. The van der Waals surface area contributed by atoms with E-state index in [1.54, 1.807) is 0 Å². The minimum atomic E-state index is -4.43. The molecule has 2 nitrogen and oxygen atoms in total. The molecule has 0 amide bonds. The molecule has 1 aromatic heterocycles. The van der Waals surface area contributed by atoms with Crippen molar-refractivity contribution in [2.75, 3.05) is 6.61 Å². The average Bonchev–Trinajstić information content (AvgIpc) is 2.16. The highest BCUT2D eigenvalue weighted by atomic mass is 19.4. The SMILES string of the molecule is CC(C)(CO)c1ncccc1C(F)(F)F. The van der Waals surface area contributed by atoms with Gasteiger partial charge in [-0.1, -0.05) is 13.8 Å². The lowest BCUT2D eigenvalue weighted by Gasteiger charge is -2.24. The van der Waals surface area contributed by atoms with Crippen LogP contribution in [0.5, 0.6) is 0 Å². The Morgan fingerprint density at radius 1 is 1.33 bits per heavy atom. The molecule has 0 aromatic carbocycles. The third-order valence-corrected chi connectivity index (χ3v) is 2.15. The highest BCUT2D eigenvalue weighted by molar-refractivity contribution is 5.29. The van der Waals surface area contributed by atoms with Crippen LogP contribution < -0.4 is 0 Å². The lowest BCUT2D eigenvalue weighted by Crippen LogP contribution is -2.27. The van der Waals surface area contributed by atoms with E-state index >= 15 is 0 Å². The molecule has 0 radical (unpaired) electrons. The molecule has 0 spiro atoms. The molecule has 1 rings (SSSR count). The van der Waals surface area contributed by atoms with Crippen LogP contribution in [0.4, 0.5) is 13.2 Å². The van der Waals surface area contributed by atoms with Crippen molar-refractivity contribution in [2.24, 2.45) is 0 Å². The average molecular weight is 219 g/mol. The van der Waals surface area contributed by atoms with E-state index in [-0.39, 0.29) is 12.3 Å². The molecule has 0 unspecified atom stereocenters. The summed E-state index contributed by atoms with van der Waals surface area (Å²) < 4.78 is 37.8. The van der Waals surface area contributed by atoms with Crippen LogP contribution in [0.15, 0.2) is 18.3 Å². The summed E-state index contributed by atoms with van der Waals surface area (Å²) in [5, 5.41) is 9.03. The number of aliphatic hydroxyl groups is 1. The van der Waals surface area contributed by atoms with Crippen molar-refractivity contribution in [1.29, 1.82) is 0 Å². The van der Waals surface area contributed by atoms with Gasteiger partial charge >= 0.3 is 6.18 Å². The van der Waals surface area contributed by atoms with Crippen LogP contribution in [0.3, 0.4) is 0 Å². The lowest BCUT2D eigenvalue weighted by molar-refractivity contribution is -0.139. The first-order valence-electron chi connectivity index (χ1n) is 4.42. The van der Waals surface area contributed by atoms with Crippen molar-refractivity contribution in [3.8, 4) is 0 Å². The first kappa shape index (κ1) is 12.0. The van der Waals surface area contributed by atoms with Gasteiger partial charge in [-0.05, 0) is 12.1 Å². The van der Waals surface area contributed by atoms with Crippen LogP contribution in [-0.2, 0) is 11.6 Å². The number of hydrogen-bond donors (Lipinski definition) is 1. The second-order valence-corrected chi connectivity index (χ2v) is 3.94. The Hall–Kier alpha value is -1.10. The monoisotopic (exact) mass is 219 g/mol. The Bertz CT molecular complexity index is 347. The second-order valence-electron chi connectivity index (χ2n) is 3.94. The quantitative estimate of drug-likeness (QED) is 0.828. The molecule has 0 fully saturated rings. The summed E-state index contributed by atoms with van der Waals surface area (Å²) >= 11 is 0. The maximum Gasteiger partial charge on any atom is 0.418 e. The van der Waals surface area contributed by atoms with Crippen LogP contribution in [0, 0.1) is 0 Å². The maximum absolute atomic E-state index is 12.6. The lowest BCUT2D eigenvalue weighted by atomic mass is 9.87. The van der Waals surface area contributed by atoms with Crippen LogP contribution >= 0.6 is 0 Å². The molecule has 15 heavy (non-hydrogen) atoms. The summed E-state index contributed by atoms with van der Waals surface area (Å²) in [4.78, 5) is 3.71. The van der Waals surface area contributed by atoms with Crippen molar-refractivity contribution in [2.45, 2.75) is 25.4 Å². The van der Waals surface area contributed by atoms with Gasteiger partial charge in [0.1, 0.15) is 0 Å². The summed E-state index contributed by atoms with van der Waals surface area (Å²) in [6.45, 7) is 2.65. The molecule has 0 aliphatic carbocycles. The minimum Gasteiger partial charge on any atom is -0.395 e. The maximum atomic E-state index is 12.6. The van der Waals surface area contributed by atoms with Gasteiger partial charge in [-0.3, -0.25) is 4.98 Å². The Balaban J connectivity index is 3.31. The fraction of sp³-hybridized carbons (Fsp3) is 0.500. The van der Waals surface area contributed by atoms with E-state index in [9.17, 15) is 13.2 Å². The van der Waals surface area contributed by atoms with Crippen molar-refractivity contribution in [1.82, 2.24) is 4.98 Å². The first-order chi connectivity index (χ1) is 6.79. The zero-order valence-electron chi connectivity index (χ0n) is 8.47. The fourth-order valence-electron chi connectivity index (χ4n) is 1.25. The topological polar surface area (TPSA) is 33.1 Å². The number of alkyl halides is 3. The minimum absolute atomic E-state index is 0.125. The number of aromatic nitrogens is 1. The van der Waals surface area contributed by atoms with Crippen LogP contribution in [0.1, 0.15) is 25.1 Å². The van der Waals surface area contributed by atoms with Gasteiger partial charge in [0.2, 0.25) is 0 Å². The summed E-state index contributed by atoms with van der Waals surface area (Å²) in [5.41, 5.74) is -1.91. The molecule has 0 saturated carbocycles. The fourth-order valence-corrected chi connectivity index (χ4v) is 1.25. The highest BCUT2D eigenvalue weighted by Crippen LogP contribution is 2.35. The smallest absolute Gasteiger partial charge is 0.395 e. The van der Waals surface area contributed by atoms with E-state index in [0.717, 1.165) is 6.07 Å². The molecular weight excluding hydrogens is 207 g/mol. The van der Waals surface area contributed by atoms with Crippen molar-refractivity contribution >= 4 is 0 Å². The van der Waals surface area contributed by atoms with Crippen molar-refractivity contribution in [3.63, 3.8) is 0 Å². The van der Waals surface area contributed by atoms with Gasteiger partial charge in [-0.2, -0.15) is 13.2 Å². The van der Waals surface area contributed by atoms with Gasteiger partial charge in [0.05, 0.1) is 17.9 Å². The van der Waals surface area contributed by atoms with Gasteiger partial charge in [-0.25, -0.2) is 0 Å². The van der Waals surface area contributed by atoms with E-state index in [4.69, 9.17) is 5.11 Å². The van der Waals surface area contributed by atoms with Gasteiger partial charge < -0.3 is 5.11 Å². The van der Waals surface area contributed by atoms with Crippen molar-refractivity contribution in [3.05, 3.63) is 29.6 Å². The third kappa shape index (κ3) is 2.47. The molecule has 1 aromatic rings. The van der Waals surface area contributed by atoms with Gasteiger partial charge in [-0.15, -0.1) is 0 Å². The Kier molecular flexibility index (Phi) is 3.04. The summed E-state index contributed by atoms with van der Waals surface area (Å²) in [6.07, 6.45) is -3.14. The second kappa shape index (κ2) is 3.81. The number of pyridine rings is 1. The zero-order valence-corrected chi connectivity index (χ0v) is 8.47. The molecular formula is C10H12F3NO. The van der Waals surface area contributed by atoms with E-state index in [2.05, 4.69) is 4.98 Å². The number of aliphatic hydroxyl groups excluding tert-OH is 1. The Morgan fingerprint density at radius 3 is 2.40 bits per heavy atom. The third-order valence-electron chi connectivity index (χ3n) is 2.15. The van der Waals surface area contributed by atoms with E-state index in [1.165, 1.54) is 26.1 Å². The van der Waals surface area contributed by atoms with Gasteiger partial charge in [0.15, 0.2) is 0 Å². The highest BCUT2D eigenvalue weighted by Gasteiger charge is 2.38. The molecule has 1 heterocycles. The number of hydrogen-bond acceptors (Lipinski definition) is 2. The van der Waals surface area contributed by atoms with Gasteiger partial charge in [0, 0.05) is 11.6 Å². The molecule has 0 aliphatic heterocycles. The van der Waals surface area contributed by atoms with Crippen LogP contribution in [-0.4, -0.2) is 16.7 Å². The predicted octanol–water partition coefficient (Wildman–Crippen LogP) is 2.37. The molecule has 0 saturated heterocycles. The van der Waals surface area contributed by atoms with Crippen molar-refractivity contribution < 1.29 is 18.3 Å². The molecule has 0 bridgehead atoms. The van der Waals surface area contributed by atoms with E-state index < -0.39 is 17.2 Å². The first-order valence-corrected chi connectivity index (χ1v) is 4.42. The molecule has 0 aliphatic rings. The van der Waals surface area contributed by atoms with Crippen LogP contribution in [0.25, 0.3) is 0 Å². The van der Waals surface area contributed by atoms with E-state index in [1.807, 2.05) is 0 Å². The zero-order chi connectivity index (χ0) is 11.7. The normalized spacial score (nSPS) is 12.9. The summed E-state index contributed by atoms with van der Waals surface area (Å²) in [6, 6.07) is 2.21. The number of halogens is 3. The number of rotatable bonds is 2. The predicted molar refractivity (Wildman–Crippen MR) is 49.4 cm³/mol. The Morgan fingerprint density at radius 2 is 1.93 bits per heavy atom. The standard InChI is InChI=1S/C10H12F3NO/c1-9(2,6-15)8-7(10(11,12)13)4-3-5-14-8/h3-5,15H,6H2,1-2H3. The molecule has 5 heteroatoms. The molecule has 0 atom stereocenters. The largest absolute Gasteiger partial charge is 0.418 e. The molecule has 1 N–H and O–H groups in total. The summed E-state index contributed by atoms with van der Waals surface area (Å²) in [5.74, 6) is 0.